The van der Waals surface area contributed by atoms with Gasteiger partial charge >= 0.3 is 0 Å². The van der Waals surface area contributed by atoms with E-state index in [4.69, 9.17) is 53.8 Å². The molecule has 1 saturated heterocycles. The quantitative estimate of drug-likeness (QED) is 0.215. The summed E-state index contributed by atoms with van der Waals surface area (Å²) in [5, 5.41) is 2.62. The van der Waals surface area contributed by atoms with E-state index in [1.54, 1.807) is 0 Å². The summed E-state index contributed by atoms with van der Waals surface area (Å²) in [4.78, 5) is 12.5. The zero-order chi connectivity index (χ0) is 27.7. The number of rotatable bonds is 11. The molecule has 9 heteroatoms. The first kappa shape index (κ1) is 29.6. The molecule has 1 amide bonds. The predicted molar refractivity (Wildman–Crippen MR) is 152 cm³/mol. The number of halogens is 3. The molecule has 1 aliphatic rings. The van der Waals surface area contributed by atoms with Crippen LogP contribution in [0.25, 0.3) is 0 Å². The van der Waals surface area contributed by atoms with Gasteiger partial charge in [-0.15, -0.1) is 0 Å². The molecule has 0 aliphatic carbocycles. The van der Waals surface area contributed by atoms with Crippen LogP contribution in [0.1, 0.15) is 16.7 Å². The highest BCUT2D eigenvalue weighted by atomic mass is 35.6. The average Bonchev–Trinajstić information content (AvgIpc) is 2.94. The van der Waals surface area contributed by atoms with E-state index in [1.165, 1.54) is 0 Å². The minimum Gasteiger partial charge on any atom is -0.374 e. The van der Waals surface area contributed by atoms with Crippen LogP contribution < -0.4 is 5.32 Å². The van der Waals surface area contributed by atoms with Gasteiger partial charge in [-0.25, -0.2) is 0 Å². The Hall–Kier alpha value is -2.42. The summed E-state index contributed by atoms with van der Waals surface area (Å²) in [5.74, 6) is -0.840. The first-order valence-corrected chi connectivity index (χ1v) is 13.6. The summed E-state index contributed by atoms with van der Waals surface area (Å²) < 4.78 is 22.9. The number of ether oxygens (including phenoxy) is 4. The van der Waals surface area contributed by atoms with E-state index >= 15 is 0 Å². The molecule has 0 radical (unpaired) electrons. The molecule has 3 aromatic carbocycles. The van der Waals surface area contributed by atoms with E-state index in [2.05, 4.69) is 11.9 Å². The Balaban J connectivity index is 1.56. The summed E-state index contributed by atoms with van der Waals surface area (Å²) in [6.07, 6.45) is -2.88. The monoisotopic (exact) mass is 589 g/mol. The fourth-order valence-electron chi connectivity index (χ4n) is 4.15. The van der Waals surface area contributed by atoms with E-state index in [0.717, 1.165) is 16.7 Å². The molecule has 0 aromatic heterocycles. The van der Waals surface area contributed by atoms with Crippen molar-refractivity contribution in [1.29, 1.82) is 0 Å². The molecule has 1 aliphatic heterocycles. The fraction of sp³-hybridized carbons (Fsp3) is 0.300. The lowest BCUT2D eigenvalue weighted by molar-refractivity contribution is -0.200. The number of nitrogens with one attached hydrogen (secondary N) is 1. The number of hydrogen-bond donors (Lipinski definition) is 1. The van der Waals surface area contributed by atoms with Gasteiger partial charge in [0.1, 0.15) is 18.3 Å². The highest BCUT2D eigenvalue weighted by molar-refractivity contribution is 6.76. The van der Waals surface area contributed by atoms with Gasteiger partial charge in [0.15, 0.2) is 6.23 Å². The molecule has 1 heterocycles. The van der Waals surface area contributed by atoms with Gasteiger partial charge in [0, 0.05) is 5.57 Å². The fourth-order valence-corrected chi connectivity index (χ4v) is 4.31. The van der Waals surface area contributed by atoms with E-state index in [-0.39, 0.29) is 6.61 Å². The maximum absolute atomic E-state index is 12.5. The number of amides is 1. The van der Waals surface area contributed by atoms with Crippen molar-refractivity contribution >= 4 is 40.7 Å². The van der Waals surface area contributed by atoms with Crippen LogP contribution in [-0.4, -0.2) is 40.8 Å². The Morgan fingerprint density at radius 2 is 1.28 bits per heavy atom. The lowest BCUT2D eigenvalue weighted by Gasteiger charge is -2.43. The van der Waals surface area contributed by atoms with Crippen LogP contribution in [0.5, 0.6) is 0 Å². The van der Waals surface area contributed by atoms with Gasteiger partial charge in [-0.1, -0.05) is 132 Å². The van der Waals surface area contributed by atoms with Crippen molar-refractivity contribution in [2.45, 2.75) is 48.2 Å². The molecule has 3 aromatic rings. The molecule has 206 valence electrons. The molecule has 6 nitrogen and oxygen atoms in total. The van der Waals surface area contributed by atoms with Crippen LogP contribution in [0, 0.1) is 0 Å². The first-order chi connectivity index (χ1) is 18.8. The molecule has 1 fully saturated rings. The maximum Gasteiger partial charge on any atom is 0.274 e. The van der Waals surface area contributed by atoms with Crippen LogP contribution in [0.4, 0.5) is 0 Å². The van der Waals surface area contributed by atoms with E-state index in [0.29, 0.717) is 25.4 Å². The minimum absolute atomic E-state index is 0.160. The number of benzene rings is 3. The summed E-state index contributed by atoms with van der Waals surface area (Å²) in [7, 11) is 0. The molecule has 39 heavy (non-hydrogen) atoms. The van der Waals surface area contributed by atoms with E-state index < -0.39 is 34.2 Å². The lowest BCUT2D eigenvalue weighted by atomic mass is 9.95. The summed E-state index contributed by atoms with van der Waals surface area (Å²) >= 11 is 17.4. The number of carbonyl (C=O) groups is 1. The maximum atomic E-state index is 12.5. The van der Waals surface area contributed by atoms with Crippen LogP contribution in [0.3, 0.4) is 0 Å². The summed E-state index contributed by atoms with van der Waals surface area (Å²) in [6.45, 7) is 5.31. The van der Waals surface area contributed by atoms with Crippen molar-refractivity contribution in [3.63, 3.8) is 0 Å². The SMILES string of the molecule is C=C1[C@@H](OCc2ccccc2)[C@@H](OCc2ccccc2)[C@@H](COCc2ccccc2)O[C@@H]1NC(=O)C(Cl)(Cl)Cl. The highest BCUT2D eigenvalue weighted by Gasteiger charge is 2.45. The molecular formula is C30H30Cl3NO5. The number of hydrogen-bond acceptors (Lipinski definition) is 5. The topological polar surface area (TPSA) is 66.0 Å². The molecular weight excluding hydrogens is 561 g/mol. The molecule has 0 bridgehead atoms. The highest BCUT2D eigenvalue weighted by Crippen LogP contribution is 2.32. The number of carbonyl (C=O) groups excluding carboxylic acids is 1. The Kier molecular flexibility index (Phi) is 10.8. The van der Waals surface area contributed by atoms with Gasteiger partial charge in [0.05, 0.1) is 26.4 Å². The zero-order valence-corrected chi connectivity index (χ0v) is 23.4. The predicted octanol–water partition coefficient (Wildman–Crippen LogP) is 6.14. The molecule has 1 N–H and O–H groups in total. The van der Waals surface area contributed by atoms with Gasteiger partial charge in [-0.3, -0.25) is 4.79 Å². The van der Waals surface area contributed by atoms with Crippen molar-refractivity contribution in [2.24, 2.45) is 0 Å². The largest absolute Gasteiger partial charge is 0.374 e. The second kappa shape index (κ2) is 14.3. The van der Waals surface area contributed by atoms with Gasteiger partial charge in [-0.05, 0) is 16.7 Å². The van der Waals surface area contributed by atoms with Gasteiger partial charge < -0.3 is 24.3 Å². The summed E-state index contributed by atoms with van der Waals surface area (Å²) in [5.41, 5.74) is 3.40. The van der Waals surface area contributed by atoms with Crippen molar-refractivity contribution in [3.05, 3.63) is 120 Å². The van der Waals surface area contributed by atoms with Gasteiger partial charge in [0.2, 0.25) is 0 Å². The Bertz CT molecular complexity index is 1190. The molecule has 4 rings (SSSR count). The van der Waals surface area contributed by atoms with Gasteiger partial charge in [-0.2, -0.15) is 0 Å². The third-order valence-electron chi connectivity index (χ3n) is 6.15. The van der Waals surface area contributed by atoms with Crippen LogP contribution in [-0.2, 0) is 43.6 Å². The standard InChI is InChI=1S/C30H30Cl3NO5/c1-21-26(37-18-23-13-7-3-8-14-23)27(38-19-24-15-9-4-10-16-24)25(20-36-17-22-11-5-2-6-12-22)39-28(21)34-29(35)30(31,32)33/h2-16,25-28H,1,17-20H2,(H,34,35)/t25-,26-,27+,28+/m1/s1. The van der Waals surface area contributed by atoms with Crippen LogP contribution >= 0.6 is 34.8 Å². The average molecular weight is 591 g/mol. The van der Waals surface area contributed by atoms with Crippen LogP contribution in [0.2, 0.25) is 0 Å². The Labute approximate surface area is 243 Å². The smallest absolute Gasteiger partial charge is 0.274 e. The van der Waals surface area contributed by atoms with Crippen molar-refractivity contribution in [1.82, 2.24) is 5.32 Å². The molecule has 4 atom stereocenters. The first-order valence-electron chi connectivity index (χ1n) is 12.5. The molecule has 0 spiro atoms. The molecule has 0 unspecified atom stereocenters. The minimum atomic E-state index is -2.18. The normalized spacial score (nSPS) is 21.5. The second-order valence-corrected chi connectivity index (χ2v) is 11.4. The van der Waals surface area contributed by atoms with Crippen molar-refractivity contribution < 1.29 is 23.7 Å². The number of alkyl halides is 3. The third-order valence-corrected chi connectivity index (χ3v) is 6.66. The Morgan fingerprint density at radius 3 is 1.79 bits per heavy atom. The molecule has 0 saturated carbocycles. The van der Waals surface area contributed by atoms with Crippen molar-refractivity contribution in [2.75, 3.05) is 6.61 Å². The van der Waals surface area contributed by atoms with Gasteiger partial charge in [0.25, 0.3) is 9.70 Å². The van der Waals surface area contributed by atoms with Crippen LogP contribution in [0.15, 0.2) is 103 Å². The zero-order valence-electron chi connectivity index (χ0n) is 21.2. The lowest BCUT2D eigenvalue weighted by Crippen LogP contribution is -2.59. The second-order valence-electron chi connectivity index (χ2n) is 9.08. The van der Waals surface area contributed by atoms with Crippen molar-refractivity contribution in [3.8, 4) is 0 Å². The van der Waals surface area contributed by atoms with E-state index in [1.807, 2.05) is 91.0 Å². The third kappa shape index (κ3) is 8.78. The van der Waals surface area contributed by atoms with E-state index in [9.17, 15) is 4.79 Å². The summed E-state index contributed by atoms with van der Waals surface area (Å²) in [6, 6.07) is 29.3. The Morgan fingerprint density at radius 1 is 0.795 bits per heavy atom.